The van der Waals surface area contributed by atoms with Crippen molar-refractivity contribution in [1.29, 1.82) is 5.26 Å². The van der Waals surface area contributed by atoms with Crippen molar-refractivity contribution in [2.75, 3.05) is 14.2 Å². The normalized spacial score (nSPS) is 11.1. The van der Waals surface area contributed by atoms with Crippen molar-refractivity contribution in [2.45, 2.75) is 6.92 Å². The van der Waals surface area contributed by atoms with Crippen molar-refractivity contribution in [2.24, 2.45) is 0 Å². The molecule has 0 saturated heterocycles. The van der Waals surface area contributed by atoms with Gasteiger partial charge in [-0.2, -0.15) is 5.26 Å². The van der Waals surface area contributed by atoms with Crippen molar-refractivity contribution in [3.8, 4) is 28.1 Å². The molecule has 0 aliphatic heterocycles. The summed E-state index contributed by atoms with van der Waals surface area (Å²) in [6.45, 7) is 1.94. The van der Waals surface area contributed by atoms with Gasteiger partial charge in [0.15, 0.2) is 0 Å². The number of rotatable bonds is 5. The monoisotopic (exact) mass is 362 g/mol. The third-order valence-corrected chi connectivity index (χ3v) is 4.96. The molecule has 1 aromatic heterocycles. The number of benzene rings is 2. The van der Waals surface area contributed by atoms with Crippen LogP contribution >= 0.6 is 11.3 Å². The van der Waals surface area contributed by atoms with Gasteiger partial charge in [-0.15, -0.1) is 11.3 Å². The fourth-order valence-electron chi connectivity index (χ4n) is 2.72. The van der Waals surface area contributed by atoms with Crippen molar-refractivity contribution in [3.05, 3.63) is 70.7 Å². The predicted octanol–water partition coefficient (Wildman–Crippen LogP) is 5.09. The second-order valence-electron chi connectivity index (χ2n) is 5.60. The molecule has 0 radical (unpaired) electrons. The van der Waals surface area contributed by atoms with E-state index in [1.807, 2.05) is 54.8 Å². The highest BCUT2D eigenvalue weighted by Gasteiger charge is 2.15. The Kier molecular flexibility index (Phi) is 5.35. The Balaban J connectivity index is 2.09. The van der Waals surface area contributed by atoms with Gasteiger partial charge in [0.05, 0.1) is 26.0 Å². The van der Waals surface area contributed by atoms with E-state index < -0.39 is 0 Å². The number of hydrogen-bond acceptors (Lipinski definition) is 5. The number of ether oxygens (including phenoxy) is 2. The molecule has 3 rings (SSSR count). The van der Waals surface area contributed by atoms with Gasteiger partial charge in [0.1, 0.15) is 16.5 Å². The first-order valence-electron chi connectivity index (χ1n) is 8.02. The molecule has 0 saturated carbocycles. The van der Waals surface area contributed by atoms with Crippen molar-refractivity contribution in [1.82, 2.24) is 4.98 Å². The highest BCUT2D eigenvalue weighted by Crippen LogP contribution is 2.36. The lowest BCUT2D eigenvalue weighted by Gasteiger charge is -2.13. The molecule has 0 fully saturated rings. The minimum atomic E-state index is 0.710. The molecule has 0 aliphatic carbocycles. The summed E-state index contributed by atoms with van der Waals surface area (Å²) < 4.78 is 10.9. The largest absolute Gasteiger partial charge is 0.496 e. The van der Waals surface area contributed by atoms with Gasteiger partial charge < -0.3 is 9.47 Å². The standard InChI is InChI=1S/C21H18N2O2S/c1-14-19(24-2)11-16(12-20(14)25-3)17(9-10-22)18-13-26-21(23-18)15-7-5-4-6-8-15/h4-9,11-13H,1-3H3/b17-9+. The maximum atomic E-state index is 9.28. The number of nitriles is 1. The Bertz CT molecular complexity index is 960. The lowest BCUT2D eigenvalue weighted by molar-refractivity contribution is 0.388. The van der Waals surface area contributed by atoms with Crippen LogP contribution in [-0.2, 0) is 0 Å². The summed E-state index contributed by atoms with van der Waals surface area (Å²) in [4.78, 5) is 4.73. The average Bonchev–Trinajstić information content (AvgIpc) is 3.17. The molecule has 0 bridgehead atoms. The molecule has 3 aromatic rings. The summed E-state index contributed by atoms with van der Waals surface area (Å²) >= 11 is 1.55. The third-order valence-electron chi connectivity index (χ3n) is 4.07. The van der Waals surface area contributed by atoms with E-state index in [1.54, 1.807) is 25.6 Å². The third kappa shape index (κ3) is 3.46. The van der Waals surface area contributed by atoms with E-state index in [9.17, 15) is 5.26 Å². The summed E-state index contributed by atoms with van der Waals surface area (Å²) in [6.07, 6.45) is 1.51. The fourth-order valence-corrected chi connectivity index (χ4v) is 3.55. The van der Waals surface area contributed by atoms with Gasteiger partial charge in [0.2, 0.25) is 0 Å². The van der Waals surface area contributed by atoms with Crippen LogP contribution in [0.5, 0.6) is 11.5 Å². The molecule has 130 valence electrons. The Hall–Kier alpha value is -3.10. The number of hydrogen-bond donors (Lipinski definition) is 0. The molecule has 0 atom stereocenters. The number of methoxy groups -OCH3 is 2. The minimum absolute atomic E-state index is 0.710. The van der Waals surface area contributed by atoms with E-state index in [-0.39, 0.29) is 0 Å². The molecule has 2 aromatic carbocycles. The SMILES string of the molecule is COc1cc(/C(=C\C#N)c2csc(-c3ccccc3)n2)cc(OC)c1C. The Morgan fingerprint density at radius 2 is 1.77 bits per heavy atom. The molecule has 0 N–H and O–H groups in total. The van der Waals surface area contributed by atoms with E-state index in [0.717, 1.165) is 33.0 Å². The van der Waals surface area contributed by atoms with Crippen LogP contribution in [0.25, 0.3) is 16.1 Å². The zero-order valence-corrected chi connectivity index (χ0v) is 15.6. The summed E-state index contributed by atoms with van der Waals surface area (Å²) in [5.74, 6) is 1.42. The Labute approximate surface area is 157 Å². The van der Waals surface area contributed by atoms with Crippen LogP contribution in [0, 0.1) is 18.3 Å². The molecule has 0 amide bonds. The van der Waals surface area contributed by atoms with Crippen LogP contribution in [0.4, 0.5) is 0 Å². The summed E-state index contributed by atoms with van der Waals surface area (Å²) in [5.41, 5.74) is 4.29. The minimum Gasteiger partial charge on any atom is -0.496 e. The highest BCUT2D eigenvalue weighted by molar-refractivity contribution is 7.13. The summed E-state index contributed by atoms with van der Waals surface area (Å²) in [7, 11) is 3.24. The van der Waals surface area contributed by atoms with Crippen molar-refractivity contribution >= 4 is 16.9 Å². The molecule has 4 nitrogen and oxygen atoms in total. The van der Waals surface area contributed by atoms with Crippen LogP contribution in [0.15, 0.2) is 53.9 Å². The Morgan fingerprint density at radius 3 is 2.35 bits per heavy atom. The molecule has 0 spiro atoms. The van der Waals surface area contributed by atoms with Gasteiger partial charge in [-0.25, -0.2) is 4.98 Å². The first kappa shape index (κ1) is 17.7. The lowest BCUT2D eigenvalue weighted by atomic mass is 10.00. The van der Waals surface area contributed by atoms with E-state index in [4.69, 9.17) is 14.5 Å². The van der Waals surface area contributed by atoms with Crippen LogP contribution in [0.2, 0.25) is 0 Å². The first-order valence-corrected chi connectivity index (χ1v) is 8.90. The first-order chi connectivity index (χ1) is 12.7. The van der Waals surface area contributed by atoms with E-state index >= 15 is 0 Å². The molecule has 5 heteroatoms. The van der Waals surface area contributed by atoms with Gasteiger partial charge in [0.25, 0.3) is 0 Å². The lowest BCUT2D eigenvalue weighted by Crippen LogP contribution is -1.96. The van der Waals surface area contributed by atoms with E-state index in [2.05, 4.69) is 6.07 Å². The maximum Gasteiger partial charge on any atom is 0.126 e. The quantitative estimate of drug-likeness (QED) is 0.593. The van der Waals surface area contributed by atoms with Gasteiger partial charge in [0, 0.05) is 28.2 Å². The molecule has 1 heterocycles. The molecular weight excluding hydrogens is 344 g/mol. The topological polar surface area (TPSA) is 55.1 Å². The Morgan fingerprint density at radius 1 is 1.12 bits per heavy atom. The summed E-state index contributed by atoms with van der Waals surface area (Å²) in [5, 5.41) is 12.2. The maximum absolute atomic E-state index is 9.28. The fraction of sp³-hybridized carbons (Fsp3) is 0.143. The molecule has 26 heavy (non-hydrogen) atoms. The van der Waals surface area contributed by atoms with E-state index in [0.29, 0.717) is 11.5 Å². The number of aromatic nitrogens is 1. The average molecular weight is 362 g/mol. The van der Waals surface area contributed by atoms with Gasteiger partial charge in [-0.05, 0) is 24.6 Å². The van der Waals surface area contributed by atoms with Crippen molar-refractivity contribution < 1.29 is 9.47 Å². The van der Waals surface area contributed by atoms with Crippen LogP contribution < -0.4 is 9.47 Å². The van der Waals surface area contributed by atoms with Gasteiger partial charge in [-0.3, -0.25) is 0 Å². The van der Waals surface area contributed by atoms with E-state index in [1.165, 1.54) is 6.08 Å². The van der Waals surface area contributed by atoms with Crippen LogP contribution in [-0.4, -0.2) is 19.2 Å². The molecular formula is C21H18N2O2S. The number of nitrogens with zero attached hydrogens (tertiary/aromatic N) is 2. The zero-order chi connectivity index (χ0) is 18.5. The number of thiazole rings is 1. The summed E-state index contributed by atoms with van der Waals surface area (Å²) in [6, 6.07) is 15.9. The predicted molar refractivity (Wildman–Crippen MR) is 105 cm³/mol. The smallest absolute Gasteiger partial charge is 0.126 e. The van der Waals surface area contributed by atoms with Crippen LogP contribution in [0.3, 0.4) is 0 Å². The number of allylic oxidation sites excluding steroid dienone is 1. The second kappa shape index (κ2) is 7.85. The van der Waals surface area contributed by atoms with Gasteiger partial charge >= 0.3 is 0 Å². The van der Waals surface area contributed by atoms with Gasteiger partial charge in [-0.1, -0.05) is 30.3 Å². The van der Waals surface area contributed by atoms with Crippen LogP contribution in [0.1, 0.15) is 16.8 Å². The van der Waals surface area contributed by atoms with Crippen molar-refractivity contribution in [3.63, 3.8) is 0 Å². The molecule has 0 aliphatic rings. The molecule has 0 unspecified atom stereocenters. The zero-order valence-electron chi connectivity index (χ0n) is 14.8. The second-order valence-corrected chi connectivity index (χ2v) is 6.45. The highest BCUT2D eigenvalue weighted by atomic mass is 32.1.